The van der Waals surface area contributed by atoms with E-state index in [4.69, 9.17) is 16.3 Å². The molecule has 0 N–H and O–H groups in total. The highest BCUT2D eigenvalue weighted by Gasteiger charge is 2.39. The second-order valence-electron chi connectivity index (χ2n) is 5.21. The summed E-state index contributed by atoms with van der Waals surface area (Å²) in [4.78, 5) is 16.5. The van der Waals surface area contributed by atoms with Crippen LogP contribution in [0.5, 0.6) is 0 Å². The van der Waals surface area contributed by atoms with Gasteiger partial charge in [0.1, 0.15) is 5.82 Å². The standard InChI is InChI=1S/C17H17ClFNO2/c1-3-22-16(21)17(2,10-12-5-4-8-20-11-12)14-7-6-13(18)9-15(14)19/h4-9,11H,3,10H2,1-2H3. The first-order chi connectivity index (χ1) is 10.5. The van der Waals surface area contributed by atoms with Crippen molar-refractivity contribution >= 4 is 17.6 Å². The summed E-state index contributed by atoms with van der Waals surface area (Å²) in [6, 6.07) is 7.93. The van der Waals surface area contributed by atoms with Crippen molar-refractivity contribution in [2.45, 2.75) is 25.7 Å². The minimum Gasteiger partial charge on any atom is -0.465 e. The second kappa shape index (κ2) is 6.88. The average molecular weight is 322 g/mol. The molecule has 0 amide bonds. The fourth-order valence-corrected chi connectivity index (χ4v) is 2.57. The summed E-state index contributed by atoms with van der Waals surface area (Å²) in [7, 11) is 0. The number of benzene rings is 1. The molecule has 0 fully saturated rings. The number of pyridine rings is 1. The molecule has 1 aromatic heterocycles. The topological polar surface area (TPSA) is 39.2 Å². The number of hydrogen-bond acceptors (Lipinski definition) is 3. The van der Waals surface area contributed by atoms with Gasteiger partial charge in [0.15, 0.2) is 0 Å². The number of aromatic nitrogens is 1. The van der Waals surface area contributed by atoms with Crippen LogP contribution in [0.2, 0.25) is 5.02 Å². The Kier molecular flexibility index (Phi) is 5.14. The molecule has 0 radical (unpaired) electrons. The van der Waals surface area contributed by atoms with E-state index in [9.17, 15) is 9.18 Å². The van der Waals surface area contributed by atoms with Crippen LogP contribution in [-0.2, 0) is 21.4 Å². The lowest BCUT2D eigenvalue weighted by Crippen LogP contribution is -2.37. The molecule has 0 bridgehead atoms. The first-order valence-electron chi connectivity index (χ1n) is 6.99. The lowest BCUT2D eigenvalue weighted by molar-refractivity contribution is -0.149. The zero-order chi connectivity index (χ0) is 16.2. The third kappa shape index (κ3) is 3.45. The maximum absolute atomic E-state index is 14.3. The average Bonchev–Trinajstić information content (AvgIpc) is 2.48. The van der Waals surface area contributed by atoms with E-state index >= 15 is 0 Å². The molecule has 0 aliphatic heterocycles. The fourth-order valence-electron chi connectivity index (χ4n) is 2.42. The normalized spacial score (nSPS) is 13.5. The van der Waals surface area contributed by atoms with Crippen LogP contribution in [0.15, 0.2) is 42.7 Å². The molecule has 22 heavy (non-hydrogen) atoms. The van der Waals surface area contributed by atoms with Gasteiger partial charge in [0.2, 0.25) is 0 Å². The Labute approximate surface area is 134 Å². The number of carbonyl (C=O) groups excluding carboxylic acids is 1. The van der Waals surface area contributed by atoms with Crippen molar-refractivity contribution in [2.24, 2.45) is 0 Å². The Morgan fingerprint density at radius 1 is 1.41 bits per heavy atom. The van der Waals surface area contributed by atoms with Gasteiger partial charge in [0.05, 0.1) is 12.0 Å². The molecule has 0 aliphatic carbocycles. The van der Waals surface area contributed by atoms with Crippen LogP contribution in [0.1, 0.15) is 25.0 Å². The summed E-state index contributed by atoms with van der Waals surface area (Å²) >= 11 is 5.80. The van der Waals surface area contributed by atoms with Crippen LogP contribution >= 0.6 is 11.6 Å². The van der Waals surface area contributed by atoms with Gasteiger partial charge in [-0.05, 0) is 44.0 Å². The number of halogens is 2. The van der Waals surface area contributed by atoms with E-state index in [0.717, 1.165) is 5.56 Å². The SMILES string of the molecule is CCOC(=O)C(C)(Cc1cccnc1)c1ccc(Cl)cc1F. The molecule has 1 heterocycles. The second-order valence-corrected chi connectivity index (χ2v) is 5.65. The zero-order valence-electron chi connectivity index (χ0n) is 12.5. The predicted octanol–water partition coefficient (Wildman–Crippen LogP) is 3.94. The Balaban J connectivity index is 2.47. The van der Waals surface area contributed by atoms with Crippen LogP contribution in [0, 0.1) is 5.82 Å². The third-order valence-corrected chi connectivity index (χ3v) is 3.77. The Morgan fingerprint density at radius 2 is 2.18 bits per heavy atom. The summed E-state index contributed by atoms with van der Waals surface area (Å²) in [5, 5.41) is 0.286. The summed E-state index contributed by atoms with van der Waals surface area (Å²) < 4.78 is 19.5. The molecule has 3 nitrogen and oxygen atoms in total. The van der Waals surface area contributed by atoms with E-state index in [0.29, 0.717) is 0 Å². The van der Waals surface area contributed by atoms with Gasteiger partial charge in [0.25, 0.3) is 0 Å². The highest BCUT2D eigenvalue weighted by Crippen LogP contribution is 2.33. The molecular formula is C17H17ClFNO2. The number of nitrogens with zero attached hydrogens (tertiary/aromatic N) is 1. The number of rotatable bonds is 5. The number of carbonyl (C=O) groups is 1. The molecule has 116 valence electrons. The van der Waals surface area contributed by atoms with E-state index in [1.54, 1.807) is 38.4 Å². The molecule has 2 rings (SSSR count). The zero-order valence-corrected chi connectivity index (χ0v) is 13.2. The number of esters is 1. The van der Waals surface area contributed by atoms with Gasteiger partial charge in [-0.25, -0.2) is 4.39 Å². The summed E-state index contributed by atoms with van der Waals surface area (Å²) in [6.07, 6.45) is 3.59. The maximum atomic E-state index is 14.3. The van der Waals surface area contributed by atoms with Crippen molar-refractivity contribution in [2.75, 3.05) is 6.61 Å². The van der Waals surface area contributed by atoms with Crippen molar-refractivity contribution in [1.82, 2.24) is 4.98 Å². The van der Waals surface area contributed by atoms with Gasteiger partial charge in [-0.3, -0.25) is 9.78 Å². The first kappa shape index (κ1) is 16.4. The van der Waals surface area contributed by atoms with Crippen LogP contribution in [-0.4, -0.2) is 17.6 Å². The predicted molar refractivity (Wildman–Crippen MR) is 83.3 cm³/mol. The Bertz CT molecular complexity index is 663. The van der Waals surface area contributed by atoms with E-state index in [1.165, 1.54) is 12.1 Å². The number of hydrogen-bond donors (Lipinski definition) is 0. The van der Waals surface area contributed by atoms with Crippen molar-refractivity contribution in [3.8, 4) is 0 Å². The molecule has 2 aromatic rings. The van der Waals surface area contributed by atoms with Gasteiger partial charge >= 0.3 is 5.97 Å². The van der Waals surface area contributed by atoms with Crippen molar-refractivity contribution < 1.29 is 13.9 Å². The van der Waals surface area contributed by atoms with Crippen LogP contribution in [0.4, 0.5) is 4.39 Å². The van der Waals surface area contributed by atoms with E-state index < -0.39 is 17.2 Å². The summed E-state index contributed by atoms with van der Waals surface area (Å²) in [5.41, 5.74) is -0.0557. The van der Waals surface area contributed by atoms with Crippen molar-refractivity contribution in [3.63, 3.8) is 0 Å². The number of ether oxygens (including phenoxy) is 1. The molecule has 0 saturated carbocycles. The monoisotopic (exact) mass is 321 g/mol. The Morgan fingerprint density at radius 3 is 2.77 bits per heavy atom. The van der Waals surface area contributed by atoms with Gasteiger partial charge in [0, 0.05) is 23.0 Å². The van der Waals surface area contributed by atoms with Gasteiger partial charge in [-0.2, -0.15) is 0 Å². The highest BCUT2D eigenvalue weighted by atomic mass is 35.5. The van der Waals surface area contributed by atoms with Crippen molar-refractivity contribution in [3.05, 3.63) is 64.7 Å². The summed E-state index contributed by atoms with van der Waals surface area (Å²) in [5.74, 6) is -0.994. The quantitative estimate of drug-likeness (QED) is 0.783. The lowest BCUT2D eigenvalue weighted by atomic mass is 9.77. The Hall–Kier alpha value is -1.94. The van der Waals surface area contributed by atoms with E-state index in [2.05, 4.69) is 4.98 Å². The van der Waals surface area contributed by atoms with Crippen LogP contribution < -0.4 is 0 Å². The summed E-state index contributed by atoms with van der Waals surface area (Å²) in [6.45, 7) is 3.63. The van der Waals surface area contributed by atoms with Crippen LogP contribution in [0.3, 0.4) is 0 Å². The van der Waals surface area contributed by atoms with Gasteiger partial charge < -0.3 is 4.74 Å². The minimum absolute atomic E-state index is 0.233. The molecule has 1 unspecified atom stereocenters. The van der Waals surface area contributed by atoms with Crippen LogP contribution in [0.25, 0.3) is 0 Å². The molecule has 0 saturated heterocycles. The minimum atomic E-state index is -1.15. The highest BCUT2D eigenvalue weighted by molar-refractivity contribution is 6.30. The first-order valence-corrected chi connectivity index (χ1v) is 7.37. The maximum Gasteiger partial charge on any atom is 0.316 e. The van der Waals surface area contributed by atoms with Gasteiger partial charge in [-0.15, -0.1) is 0 Å². The molecule has 5 heteroatoms. The molecule has 0 spiro atoms. The van der Waals surface area contributed by atoms with Crippen molar-refractivity contribution in [1.29, 1.82) is 0 Å². The molecule has 0 aliphatic rings. The molecule has 1 aromatic carbocycles. The fraction of sp³-hybridized carbons (Fsp3) is 0.294. The van der Waals surface area contributed by atoms with E-state index in [-0.39, 0.29) is 23.6 Å². The lowest BCUT2D eigenvalue weighted by Gasteiger charge is -2.28. The molecule has 1 atom stereocenters. The smallest absolute Gasteiger partial charge is 0.316 e. The van der Waals surface area contributed by atoms with Gasteiger partial charge in [-0.1, -0.05) is 23.7 Å². The molecular weight excluding hydrogens is 305 g/mol. The third-order valence-electron chi connectivity index (χ3n) is 3.53. The largest absolute Gasteiger partial charge is 0.465 e. The van der Waals surface area contributed by atoms with E-state index in [1.807, 2.05) is 6.07 Å².